The monoisotopic (exact) mass is 397 g/mol. The number of likely N-dealkylation sites (tertiary alicyclic amines) is 1. The van der Waals surface area contributed by atoms with Crippen LogP contribution in [-0.4, -0.2) is 70.2 Å². The van der Waals surface area contributed by atoms with Crippen LogP contribution in [0.2, 0.25) is 0 Å². The second-order valence-corrected chi connectivity index (χ2v) is 7.99. The van der Waals surface area contributed by atoms with Gasteiger partial charge in [0.2, 0.25) is 11.8 Å². The maximum absolute atomic E-state index is 12.8. The van der Waals surface area contributed by atoms with Crippen LogP contribution in [0, 0.1) is 0 Å². The van der Waals surface area contributed by atoms with Crippen LogP contribution in [0.4, 0.5) is 5.69 Å². The third-order valence-corrected chi connectivity index (χ3v) is 5.98. The number of methoxy groups -OCH3 is 1. The zero-order chi connectivity index (χ0) is 20.6. The summed E-state index contributed by atoms with van der Waals surface area (Å²) >= 11 is 0. The van der Waals surface area contributed by atoms with Crippen LogP contribution in [-0.2, 0) is 23.2 Å². The number of carbonyl (C=O) groups is 2. The van der Waals surface area contributed by atoms with E-state index < -0.39 is 0 Å². The molecule has 1 atom stereocenters. The summed E-state index contributed by atoms with van der Waals surface area (Å²) in [6.07, 6.45) is 4.39. The smallest absolute Gasteiger partial charge is 0.246 e. The second kappa shape index (κ2) is 7.51. The first-order chi connectivity index (χ1) is 13.9. The molecule has 2 fully saturated rings. The molecule has 4 rings (SSSR count). The molecule has 29 heavy (non-hydrogen) atoms. The third-order valence-electron chi connectivity index (χ3n) is 5.98. The van der Waals surface area contributed by atoms with Crippen LogP contribution < -0.4 is 9.64 Å². The summed E-state index contributed by atoms with van der Waals surface area (Å²) in [5.74, 6) is 0.732. The van der Waals surface area contributed by atoms with Crippen molar-refractivity contribution in [1.29, 1.82) is 0 Å². The Morgan fingerprint density at radius 1 is 1.24 bits per heavy atom. The average molecular weight is 397 g/mol. The fourth-order valence-corrected chi connectivity index (χ4v) is 4.50. The molecule has 0 aliphatic carbocycles. The molecular weight excluding hydrogens is 370 g/mol. The third kappa shape index (κ3) is 3.72. The normalized spacial score (nSPS) is 22.5. The van der Waals surface area contributed by atoms with E-state index in [4.69, 9.17) is 4.74 Å². The van der Waals surface area contributed by atoms with E-state index in [1.807, 2.05) is 25.4 Å². The van der Waals surface area contributed by atoms with Gasteiger partial charge in [0.15, 0.2) is 0 Å². The number of hydrogen-bond donors (Lipinski definition) is 0. The molecule has 2 saturated heterocycles. The molecule has 154 valence electrons. The standard InChI is InChI=1S/C21H27N5O3/c1-16(27)26-13-20(28)25(18-10-22-23(2)12-18)15-21(26)8-9-24(14-21)11-17-4-6-19(29-3)7-5-17/h4-7,10,12H,8-9,11,13-15H2,1-3H3. The predicted octanol–water partition coefficient (Wildman–Crippen LogP) is 1.27. The van der Waals surface area contributed by atoms with Gasteiger partial charge in [-0.25, -0.2) is 0 Å². The zero-order valence-electron chi connectivity index (χ0n) is 17.2. The van der Waals surface area contributed by atoms with Gasteiger partial charge in [0.05, 0.1) is 31.1 Å². The zero-order valence-corrected chi connectivity index (χ0v) is 17.2. The number of nitrogens with zero attached hydrogens (tertiary/aromatic N) is 5. The van der Waals surface area contributed by atoms with E-state index in [-0.39, 0.29) is 23.9 Å². The summed E-state index contributed by atoms with van der Waals surface area (Å²) in [6.45, 7) is 4.59. The summed E-state index contributed by atoms with van der Waals surface area (Å²) in [4.78, 5) is 31.1. The van der Waals surface area contributed by atoms with Gasteiger partial charge in [-0.2, -0.15) is 5.10 Å². The molecule has 2 aliphatic heterocycles. The van der Waals surface area contributed by atoms with Crippen molar-refractivity contribution in [3.8, 4) is 5.75 Å². The minimum atomic E-state index is -0.373. The Morgan fingerprint density at radius 3 is 2.62 bits per heavy atom. The van der Waals surface area contributed by atoms with Gasteiger partial charge in [-0.15, -0.1) is 0 Å². The van der Waals surface area contributed by atoms with Crippen molar-refractivity contribution >= 4 is 17.5 Å². The molecule has 0 bridgehead atoms. The molecule has 1 aromatic carbocycles. The van der Waals surface area contributed by atoms with Gasteiger partial charge in [0, 0.05) is 39.8 Å². The fourth-order valence-electron chi connectivity index (χ4n) is 4.50. The van der Waals surface area contributed by atoms with Gasteiger partial charge in [0.25, 0.3) is 0 Å². The van der Waals surface area contributed by atoms with Gasteiger partial charge in [0.1, 0.15) is 12.3 Å². The fraction of sp³-hybridized carbons (Fsp3) is 0.476. The molecular formula is C21H27N5O3. The summed E-state index contributed by atoms with van der Waals surface area (Å²) in [5, 5.41) is 4.20. The topological polar surface area (TPSA) is 70.9 Å². The lowest BCUT2D eigenvalue weighted by atomic mass is 9.92. The Hall–Kier alpha value is -2.87. The highest BCUT2D eigenvalue weighted by atomic mass is 16.5. The van der Waals surface area contributed by atoms with Crippen LogP contribution in [0.5, 0.6) is 5.75 Å². The number of hydrogen-bond acceptors (Lipinski definition) is 5. The Morgan fingerprint density at radius 2 is 2.00 bits per heavy atom. The van der Waals surface area contributed by atoms with Crippen molar-refractivity contribution in [3.05, 3.63) is 42.2 Å². The number of rotatable bonds is 4. The average Bonchev–Trinajstić information content (AvgIpc) is 3.31. The van der Waals surface area contributed by atoms with Gasteiger partial charge in [-0.05, 0) is 24.1 Å². The molecule has 1 unspecified atom stereocenters. The molecule has 0 radical (unpaired) electrons. The summed E-state index contributed by atoms with van der Waals surface area (Å²) in [6, 6.07) is 8.07. The molecule has 2 aromatic rings. The van der Waals surface area contributed by atoms with Crippen molar-refractivity contribution in [3.63, 3.8) is 0 Å². The largest absolute Gasteiger partial charge is 0.497 e. The van der Waals surface area contributed by atoms with E-state index in [0.717, 1.165) is 37.5 Å². The van der Waals surface area contributed by atoms with E-state index in [1.165, 1.54) is 5.56 Å². The van der Waals surface area contributed by atoms with E-state index >= 15 is 0 Å². The highest BCUT2D eigenvalue weighted by Crippen LogP contribution is 2.35. The number of carbonyl (C=O) groups excluding carboxylic acids is 2. The molecule has 8 nitrogen and oxygen atoms in total. The molecule has 3 heterocycles. The molecule has 1 spiro atoms. The quantitative estimate of drug-likeness (QED) is 0.777. The minimum absolute atomic E-state index is 0.0458. The summed E-state index contributed by atoms with van der Waals surface area (Å²) in [7, 11) is 3.50. The molecule has 1 aromatic heterocycles. The van der Waals surface area contributed by atoms with Crippen molar-refractivity contribution in [2.24, 2.45) is 7.05 Å². The van der Waals surface area contributed by atoms with Crippen LogP contribution in [0.15, 0.2) is 36.7 Å². The predicted molar refractivity (Wildman–Crippen MR) is 109 cm³/mol. The number of ether oxygens (including phenoxy) is 1. The maximum Gasteiger partial charge on any atom is 0.246 e. The van der Waals surface area contributed by atoms with E-state index in [1.54, 1.807) is 34.7 Å². The van der Waals surface area contributed by atoms with E-state index in [0.29, 0.717) is 6.54 Å². The number of piperazine rings is 1. The minimum Gasteiger partial charge on any atom is -0.497 e. The van der Waals surface area contributed by atoms with Crippen LogP contribution >= 0.6 is 0 Å². The lowest BCUT2D eigenvalue weighted by molar-refractivity contribution is -0.142. The highest BCUT2D eigenvalue weighted by Gasteiger charge is 2.50. The SMILES string of the molecule is COc1ccc(CN2CCC3(C2)CN(c2cnn(C)c2)C(=O)CN3C(C)=O)cc1. The second-order valence-electron chi connectivity index (χ2n) is 7.99. The summed E-state index contributed by atoms with van der Waals surface area (Å²) in [5.41, 5.74) is 1.61. The van der Waals surface area contributed by atoms with Crippen LogP contribution in [0.25, 0.3) is 0 Å². The Kier molecular flexibility index (Phi) is 5.04. The number of benzene rings is 1. The molecule has 2 aliphatic rings. The van der Waals surface area contributed by atoms with Gasteiger partial charge in [-0.3, -0.25) is 19.2 Å². The number of anilines is 1. The number of aromatic nitrogens is 2. The first-order valence-corrected chi connectivity index (χ1v) is 9.83. The molecule has 0 N–H and O–H groups in total. The van der Waals surface area contributed by atoms with Crippen molar-refractivity contribution in [2.45, 2.75) is 25.4 Å². The van der Waals surface area contributed by atoms with E-state index in [9.17, 15) is 9.59 Å². The lowest BCUT2D eigenvalue weighted by Gasteiger charge is -2.48. The van der Waals surface area contributed by atoms with Gasteiger partial charge >= 0.3 is 0 Å². The Bertz CT molecular complexity index is 909. The van der Waals surface area contributed by atoms with Crippen LogP contribution in [0.1, 0.15) is 18.9 Å². The highest BCUT2D eigenvalue weighted by molar-refractivity contribution is 5.98. The Balaban J connectivity index is 1.54. The first-order valence-electron chi connectivity index (χ1n) is 9.83. The number of amides is 2. The van der Waals surface area contributed by atoms with E-state index in [2.05, 4.69) is 22.1 Å². The Labute approximate surface area is 170 Å². The number of aryl methyl sites for hydroxylation is 1. The van der Waals surface area contributed by atoms with Crippen molar-refractivity contribution in [2.75, 3.05) is 38.2 Å². The molecule has 2 amide bonds. The summed E-state index contributed by atoms with van der Waals surface area (Å²) < 4.78 is 6.92. The van der Waals surface area contributed by atoms with Gasteiger partial charge in [-0.1, -0.05) is 12.1 Å². The molecule has 0 saturated carbocycles. The first kappa shape index (κ1) is 19.4. The maximum atomic E-state index is 12.8. The molecule has 8 heteroatoms. The van der Waals surface area contributed by atoms with Gasteiger partial charge < -0.3 is 14.5 Å². The lowest BCUT2D eigenvalue weighted by Crippen LogP contribution is -2.66. The van der Waals surface area contributed by atoms with Crippen molar-refractivity contribution < 1.29 is 14.3 Å². The van der Waals surface area contributed by atoms with Crippen molar-refractivity contribution in [1.82, 2.24) is 19.6 Å². The van der Waals surface area contributed by atoms with Crippen LogP contribution in [0.3, 0.4) is 0 Å².